The largest absolute Gasteiger partial charge is 0.416 e. The van der Waals surface area contributed by atoms with E-state index in [4.69, 9.17) is 0 Å². The fraction of sp³-hybridized carbons (Fsp3) is 0.125. The van der Waals surface area contributed by atoms with Gasteiger partial charge in [0, 0.05) is 17.6 Å². The molecule has 0 saturated heterocycles. The maximum atomic E-state index is 12.5. The molecule has 2 aromatic heterocycles. The van der Waals surface area contributed by atoms with Crippen LogP contribution in [0.2, 0.25) is 0 Å². The number of rotatable bonds is 2. The van der Waals surface area contributed by atoms with Crippen LogP contribution in [0, 0.1) is 6.92 Å². The summed E-state index contributed by atoms with van der Waals surface area (Å²) in [6.07, 6.45) is -2.81. The van der Waals surface area contributed by atoms with Crippen molar-refractivity contribution in [1.29, 1.82) is 0 Å². The number of fused-ring (bicyclic) bond motifs is 1. The minimum atomic E-state index is -4.41. The normalized spacial score (nSPS) is 11.5. The summed E-state index contributed by atoms with van der Waals surface area (Å²) in [4.78, 5) is 19.3. The van der Waals surface area contributed by atoms with Gasteiger partial charge < -0.3 is 15.6 Å². The number of pyridine rings is 1. The van der Waals surface area contributed by atoms with Gasteiger partial charge in [0.15, 0.2) is 0 Å². The van der Waals surface area contributed by atoms with E-state index in [2.05, 4.69) is 20.6 Å². The zero-order valence-electron chi connectivity index (χ0n) is 12.5. The first-order valence-electron chi connectivity index (χ1n) is 7.03. The predicted octanol–water partition coefficient (Wildman–Crippen LogP) is 4.53. The second kappa shape index (κ2) is 5.88. The minimum Gasteiger partial charge on any atom is -0.358 e. The Morgan fingerprint density at radius 2 is 1.79 bits per heavy atom. The molecule has 0 fully saturated rings. The summed E-state index contributed by atoms with van der Waals surface area (Å²) in [7, 11) is 0. The van der Waals surface area contributed by atoms with Gasteiger partial charge in [0.25, 0.3) is 0 Å². The van der Waals surface area contributed by atoms with Crippen LogP contribution in [0.4, 0.5) is 29.3 Å². The summed E-state index contributed by atoms with van der Waals surface area (Å²) >= 11 is 0. The zero-order chi connectivity index (χ0) is 17.3. The van der Waals surface area contributed by atoms with Crippen LogP contribution in [-0.4, -0.2) is 16.0 Å². The van der Waals surface area contributed by atoms with Gasteiger partial charge in [-0.2, -0.15) is 13.2 Å². The molecule has 5 nitrogen and oxygen atoms in total. The second-order valence-electron chi connectivity index (χ2n) is 5.21. The number of carbonyl (C=O) groups is 1. The molecule has 3 rings (SSSR count). The number of aromatic nitrogens is 2. The van der Waals surface area contributed by atoms with E-state index in [0.29, 0.717) is 11.2 Å². The second-order valence-corrected chi connectivity index (χ2v) is 5.21. The Balaban J connectivity index is 1.72. The molecule has 124 valence electrons. The number of amides is 2. The standard InChI is InChI=1S/C16H13F3N4O/c1-9-2-7-12-14(21-9)13(8-20-12)23-15(24)22-11-5-3-10(4-6-11)16(17,18)19/h2-8,20H,1H3,(H2,22,23,24). The Labute approximate surface area is 134 Å². The number of hydrogen-bond acceptors (Lipinski definition) is 2. The van der Waals surface area contributed by atoms with Gasteiger partial charge in [0.05, 0.1) is 16.8 Å². The summed E-state index contributed by atoms with van der Waals surface area (Å²) in [6.45, 7) is 1.83. The predicted molar refractivity (Wildman–Crippen MR) is 84.9 cm³/mol. The van der Waals surface area contributed by atoms with Crippen LogP contribution in [0.5, 0.6) is 0 Å². The Morgan fingerprint density at radius 1 is 1.08 bits per heavy atom. The molecular weight excluding hydrogens is 321 g/mol. The van der Waals surface area contributed by atoms with Gasteiger partial charge in [-0.1, -0.05) is 0 Å². The van der Waals surface area contributed by atoms with Crippen molar-refractivity contribution in [3.05, 3.63) is 53.9 Å². The van der Waals surface area contributed by atoms with E-state index in [1.807, 2.05) is 19.1 Å². The first-order valence-corrected chi connectivity index (χ1v) is 7.03. The van der Waals surface area contributed by atoms with E-state index in [0.717, 1.165) is 23.3 Å². The Kier molecular flexibility index (Phi) is 3.88. The molecule has 0 atom stereocenters. The molecule has 8 heteroatoms. The van der Waals surface area contributed by atoms with Crippen LogP contribution in [0.1, 0.15) is 11.3 Å². The van der Waals surface area contributed by atoms with Crippen LogP contribution in [0.25, 0.3) is 11.0 Å². The molecule has 3 aromatic rings. The van der Waals surface area contributed by atoms with Crippen molar-refractivity contribution < 1.29 is 18.0 Å². The van der Waals surface area contributed by atoms with Gasteiger partial charge in [-0.05, 0) is 43.3 Å². The monoisotopic (exact) mass is 334 g/mol. The lowest BCUT2D eigenvalue weighted by Gasteiger charge is -2.09. The van der Waals surface area contributed by atoms with Crippen molar-refractivity contribution in [2.45, 2.75) is 13.1 Å². The maximum Gasteiger partial charge on any atom is 0.416 e. The van der Waals surface area contributed by atoms with Gasteiger partial charge in [0.2, 0.25) is 0 Å². The van der Waals surface area contributed by atoms with Gasteiger partial charge in [-0.25, -0.2) is 9.78 Å². The lowest BCUT2D eigenvalue weighted by Crippen LogP contribution is -2.19. The van der Waals surface area contributed by atoms with Gasteiger partial charge in [0.1, 0.15) is 5.52 Å². The molecule has 0 aliphatic heterocycles. The van der Waals surface area contributed by atoms with E-state index in [9.17, 15) is 18.0 Å². The number of hydrogen-bond donors (Lipinski definition) is 3. The number of anilines is 2. The first-order chi connectivity index (χ1) is 11.3. The van der Waals surface area contributed by atoms with Crippen LogP contribution in [0.3, 0.4) is 0 Å². The molecule has 24 heavy (non-hydrogen) atoms. The molecular formula is C16H13F3N4O. The SMILES string of the molecule is Cc1ccc2[nH]cc(NC(=O)Nc3ccc(C(F)(F)F)cc3)c2n1. The average molecular weight is 334 g/mol. The van der Waals surface area contributed by atoms with Crippen molar-refractivity contribution in [2.75, 3.05) is 10.6 Å². The molecule has 2 amide bonds. The topological polar surface area (TPSA) is 69.8 Å². The lowest BCUT2D eigenvalue weighted by atomic mass is 10.2. The molecule has 0 saturated carbocycles. The fourth-order valence-electron chi connectivity index (χ4n) is 2.22. The van der Waals surface area contributed by atoms with Crippen molar-refractivity contribution >= 4 is 28.4 Å². The summed E-state index contributed by atoms with van der Waals surface area (Å²) < 4.78 is 37.5. The number of alkyl halides is 3. The Hall–Kier alpha value is -3.03. The molecule has 3 N–H and O–H groups in total. The van der Waals surface area contributed by atoms with Crippen molar-refractivity contribution in [3.8, 4) is 0 Å². The minimum absolute atomic E-state index is 0.254. The molecule has 0 spiro atoms. The fourth-order valence-corrected chi connectivity index (χ4v) is 2.22. The van der Waals surface area contributed by atoms with Gasteiger partial charge >= 0.3 is 12.2 Å². The molecule has 0 bridgehead atoms. The average Bonchev–Trinajstić information content (AvgIpc) is 2.89. The summed E-state index contributed by atoms with van der Waals surface area (Å²) in [5.74, 6) is 0. The first kappa shape index (κ1) is 15.9. The van der Waals surface area contributed by atoms with Gasteiger partial charge in [-0.3, -0.25) is 0 Å². The highest BCUT2D eigenvalue weighted by Crippen LogP contribution is 2.30. The van der Waals surface area contributed by atoms with Crippen LogP contribution >= 0.6 is 0 Å². The number of H-pyrrole nitrogens is 1. The van der Waals surface area contributed by atoms with E-state index in [-0.39, 0.29) is 5.69 Å². The summed E-state index contributed by atoms with van der Waals surface area (Å²) in [5.41, 5.74) is 2.14. The Bertz CT molecular complexity index is 884. The summed E-state index contributed by atoms with van der Waals surface area (Å²) in [6, 6.07) is 7.32. The zero-order valence-corrected chi connectivity index (χ0v) is 12.5. The van der Waals surface area contributed by atoms with Crippen molar-refractivity contribution in [1.82, 2.24) is 9.97 Å². The Morgan fingerprint density at radius 3 is 2.46 bits per heavy atom. The third kappa shape index (κ3) is 3.32. The van der Waals surface area contributed by atoms with Crippen molar-refractivity contribution in [2.24, 2.45) is 0 Å². The number of aryl methyl sites for hydroxylation is 1. The number of halogens is 3. The van der Waals surface area contributed by atoms with E-state index >= 15 is 0 Å². The molecule has 1 aromatic carbocycles. The highest BCUT2D eigenvalue weighted by Gasteiger charge is 2.29. The molecule has 0 aliphatic carbocycles. The van der Waals surface area contributed by atoms with Crippen LogP contribution in [-0.2, 0) is 6.18 Å². The smallest absolute Gasteiger partial charge is 0.358 e. The molecule has 0 unspecified atom stereocenters. The molecule has 2 heterocycles. The third-order valence-corrected chi connectivity index (χ3v) is 3.38. The van der Waals surface area contributed by atoms with Gasteiger partial charge in [-0.15, -0.1) is 0 Å². The van der Waals surface area contributed by atoms with E-state index in [1.54, 1.807) is 6.20 Å². The number of benzene rings is 1. The number of aromatic amines is 1. The summed E-state index contributed by atoms with van der Waals surface area (Å²) in [5, 5.41) is 5.10. The highest BCUT2D eigenvalue weighted by atomic mass is 19.4. The molecule has 0 aliphatic rings. The number of carbonyl (C=O) groups excluding carboxylic acids is 1. The molecule has 0 radical (unpaired) electrons. The quantitative estimate of drug-likeness (QED) is 0.644. The third-order valence-electron chi connectivity index (χ3n) is 3.38. The van der Waals surface area contributed by atoms with Crippen molar-refractivity contribution in [3.63, 3.8) is 0 Å². The lowest BCUT2D eigenvalue weighted by molar-refractivity contribution is -0.137. The van der Waals surface area contributed by atoms with Crippen LogP contribution < -0.4 is 10.6 Å². The van der Waals surface area contributed by atoms with E-state index < -0.39 is 17.8 Å². The highest BCUT2D eigenvalue weighted by molar-refractivity contribution is 6.04. The van der Waals surface area contributed by atoms with E-state index in [1.165, 1.54) is 12.1 Å². The number of urea groups is 1. The number of nitrogens with one attached hydrogen (secondary N) is 3. The maximum absolute atomic E-state index is 12.5. The number of nitrogens with zero attached hydrogens (tertiary/aromatic N) is 1. The van der Waals surface area contributed by atoms with Crippen LogP contribution in [0.15, 0.2) is 42.6 Å².